The zero-order chi connectivity index (χ0) is 25.4. The molecule has 2 fully saturated rings. The highest BCUT2D eigenvalue weighted by Gasteiger charge is 2.66. The first-order valence-corrected chi connectivity index (χ1v) is 13.8. The van der Waals surface area contributed by atoms with Crippen molar-refractivity contribution < 1.29 is 4.79 Å². The maximum absolute atomic E-state index is 15.0. The van der Waals surface area contributed by atoms with Gasteiger partial charge >= 0.3 is 0 Å². The molecule has 6 heterocycles. The number of fused-ring (bicyclic) bond motifs is 3. The summed E-state index contributed by atoms with van der Waals surface area (Å²) in [6, 6.07) is 10.4. The predicted molar refractivity (Wildman–Crippen MR) is 146 cm³/mol. The molecule has 37 heavy (non-hydrogen) atoms. The highest BCUT2D eigenvalue weighted by atomic mass is 35.5. The van der Waals surface area contributed by atoms with Gasteiger partial charge in [-0.3, -0.25) is 9.69 Å². The number of amides is 1. The van der Waals surface area contributed by atoms with E-state index in [1.54, 1.807) is 6.07 Å². The van der Waals surface area contributed by atoms with Gasteiger partial charge in [0, 0.05) is 55.8 Å². The lowest BCUT2D eigenvalue weighted by Crippen LogP contribution is -2.71. The summed E-state index contributed by atoms with van der Waals surface area (Å²) in [5, 5.41) is 1.43. The number of benzene rings is 1. The lowest BCUT2D eigenvalue weighted by molar-refractivity contribution is -0.164. The van der Waals surface area contributed by atoms with Crippen LogP contribution in [0.25, 0.3) is 17.1 Å². The van der Waals surface area contributed by atoms with Crippen LogP contribution in [-0.2, 0) is 16.8 Å². The van der Waals surface area contributed by atoms with Crippen molar-refractivity contribution in [3.8, 4) is 0 Å². The second-order valence-corrected chi connectivity index (χ2v) is 11.1. The van der Waals surface area contributed by atoms with Crippen LogP contribution < -0.4 is 10.6 Å². The van der Waals surface area contributed by atoms with Crippen LogP contribution in [-0.4, -0.2) is 69.5 Å². The molecule has 2 atom stereocenters. The van der Waals surface area contributed by atoms with Crippen molar-refractivity contribution in [3.63, 3.8) is 0 Å². The molecule has 0 unspecified atom stereocenters. The van der Waals surface area contributed by atoms with Gasteiger partial charge in [-0.25, -0.2) is 9.97 Å². The van der Waals surface area contributed by atoms with Crippen molar-refractivity contribution in [3.05, 3.63) is 52.9 Å². The van der Waals surface area contributed by atoms with E-state index < -0.39 is 5.54 Å². The molecule has 0 spiro atoms. The first-order chi connectivity index (χ1) is 18.0. The van der Waals surface area contributed by atoms with Gasteiger partial charge in [-0.2, -0.15) is 0 Å². The van der Waals surface area contributed by atoms with Crippen LogP contribution in [0.5, 0.6) is 0 Å². The number of nitrogens with zero attached hydrogens (tertiary/aromatic N) is 6. The molecule has 4 aliphatic rings. The summed E-state index contributed by atoms with van der Waals surface area (Å²) in [5.74, 6) is 1.33. The number of anilines is 2. The highest BCUT2D eigenvalue weighted by molar-refractivity contribution is 6.28. The van der Waals surface area contributed by atoms with Crippen molar-refractivity contribution in [1.29, 1.82) is 0 Å². The number of carbonyl (C=O) groups is 1. The minimum atomic E-state index is -0.674. The number of nitrogens with two attached hydrogens (primary N) is 1. The zero-order valence-corrected chi connectivity index (χ0v) is 21.9. The van der Waals surface area contributed by atoms with Gasteiger partial charge in [0.1, 0.15) is 11.6 Å². The standard InChI is InChI=1S/C28H32ClN7O/c1-2-27-9-5-11-35-12-8-20-19-6-3-4-7-21(19)36(13-10-27)24(20)28(27,35)25(37)34-16-14-33(15-17-34)23-18-22(30)31-26(29)32-23/h3-4,6-7,10,13,18H,2,5,8-9,11-12,14-17H2,1H3,(H2,30,31,32)/t27-,28-/m1/s1. The maximum atomic E-state index is 15.0. The highest BCUT2D eigenvalue weighted by Crippen LogP contribution is 2.60. The molecule has 1 amide bonds. The fourth-order valence-corrected chi connectivity index (χ4v) is 7.85. The predicted octanol–water partition coefficient (Wildman–Crippen LogP) is 3.74. The van der Waals surface area contributed by atoms with Crippen molar-refractivity contribution in [2.24, 2.45) is 5.41 Å². The van der Waals surface area contributed by atoms with E-state index in [-0.39, 0.29) is 16.6 Å². The number of piperazine rings is 1. The summed E-state index contributed by atoms with van der Waals surface area (Å²) < 4.78 is 2.33. The van der Waals surface area contributed by atoms with Gasteiger partial charge in [0.15, 0.2) is 5.54 Å². The Labute approximate surface area is 221 Å². The molecule has 7 rings (SSSR count). The van der Waals surface area contributed by atoms with E-state index in [4.69, 9.17) is 17.3 Å². The minimum Gasteiger partial charge on any atom is -0.383 e. The van der Waals surface area contributed by atoms with Crippen LogP contribution in [0.2, 0.25) is 5.28 Å². The topological polar surface area (TPSA) is 83.5 Å². The van der Waals surface area contributed by atoms with Crippen LogP contribution in [0.3, 0.4) is 0 Å². The number of carbonyl (C=O) groups excluding carboxylic acids is 1. The lowest BCUT2D eigenvalue weighted by Gasteiger charge is -2.61. The van der Waals surface area contributed by atoms with Gasteiger partial charge in [-0.1, -0.05) is 31.2 Å². The number of rotatable bonds is 3. The van der Waals surface area contributed by atoms with E-state index in [1.165, 1.54) is 22.2 Å². The Morgan fingerprint density at radius 3 is 2.70 bits per heavy atom. The number of nitrogen functional groups attached to an aromatic ring is 1. The summed E-state index contributed by atoms with van der Waals surface area (Å²) in [6.45, 7) is 6.77. The van der Waals surface area contributed by atoms with Crippen LogP contribution in [0.15, 0.2) is 36.4 Å². The van der Waals surface area contributed by atoms with Crippen LogP contribution in [0.1, 0.15) is 37.4 Å². The van der Waals surface area contributed by atoms with E-state index >= 15 is 4.79 Å². The SMILES string of the molecule is CC[C@]12C=Cn3c4c(c5ccccc53)CCN(CCC1)[C@@]42C(=O)N1CCN(c2cc(N)nc(Cl)n2)CC1. The number of para-hydroxylation sites is 1. The van der Waals surface area contributed by atoms with Crippen molar-refractivity contribution in [1.82, 2.24) is 24.3 Å². The third-order valence-corrected chi connectivity index (χ3v) is 9.48. The number of hydrogen-bond donors (Lipinski definition) is 1. The Morgan fingerprint density at radius 2 is 1.92 bits per heavy atom. The van der Waals surface area contributed by atoms with Crippen molar-refractivity contribution in [2.75, 3.05) is 49.9 Å². The molecule has 0 radical (unpaired) electrons. The maximum Gasteiger partial charge on any atom is 0.250 e. The van der Waals surface area contributed by atoms with E-state index in [0.717, 1.165) is 38.8 Å². The van der Waals surface area contributed by atoms with Crippen molar-refractivity contribution in [2.45, 2.75) is 38.1 Å². The zero-order valence-electron chi connectivity index (χ0n) is 21.2. The molecule has 0 bridgehead atoms. The van der Waals surface area contributed by atoms with Gasteiger partial charge in [0.2, 0.25) is 11.2 Å². The van der Waals surface area contributed by atoms with E-state index in [9.17, 15) is 0 Å². The third-order valence-electron chi connectivity index (χ3n) is 9.31. The van der Waals surface area contributed by atoms with Gasteiger partial charge in [0.25, 0.3) is 0 Å². The van der Waals surface area contributed by atoms with Crippen LogP contribution in [0.4, 0.5) is 11.6 Å². The smallest absolute Gasteiger partial charge is 0.250 e. The Balaban J connectivity index is 1.32. The average molecular weight is 518 g/mol. The second kappa shape index (κ2) is 8.20. The lowest BCUT2D eigenvalue weighted by atomic mass is 9.57. The molecule has 4 aliphatic heterocycles. The summed E-state index contributed by atoms with van der Waals surface area (Å²) in [5.41, 5.74) is 8.80. The molecule has 9 heteroatoms. The average Bonchev–Trinajstić information content (AvgIpc) is 3.26. The Hall–Kier alpha value is -3.10. The van der Waals surface area contributed by atoms with Crippen LogP contribution in [0, 0.1) is 5.41 Å². The quantitative estimate of drug-likeness (QED) is 0.533. The first-order valence-electron chi connectivity index (χ1n) is 13.4. The molecule has 2 saturated heterocycles. The molecule has 192 valence electrons. The molecule has 8 nitrogen and oxygen atoms in total. The van der Waals surface area contributed by atoms with Gasteiger partial charge in [-0.15, -0.1) is 0 Å². The third kappa shape index (κ3) is 3.03. The van der Waals surface area contributed by atoms with E-state index in [0.29, 0.717) is 37.8 Å². The molecule has 2 N–H and O–H groups in total. The monoisotopic (exact) mass is 517 g/mol. The number of piperidine rings is 1. The molecule has 0 aliphatic carbocycles. The van der Waals surface area contributed by atoms with Gasteiger partial charge in [-0.05, 0) is 55.5 Å². The first kappa shape index (κ1) is 23.0. The van der Waals surface area contributed by atoms with E-state index in [2.05, 4.69) is 72.7 Å². The Bertz CT molecular complexity index is 1420. The van der Waals surface area contributed by atoms with Crippen molar-refractivity contribution >= 4 is 46.2 Å². The fraction of sp³-hybridized carbons (Fsp3) is 0.464. The molecule has 0 saturated carbocycles. The number of halogens is 1. The molecular weight excluding hydrogens is 486 g/mol. The fourth-order valence-electron chi connectivity index (χ4n) is 7.67. The summed E-state index contributed by atoms with van der Waals surface area (Å²) in [6.07, 6.45) is 8.69. The van der Waals surface area contributed by atoms with Crippen LogP contribution >= 0.6 is 11.6 Å². The molecule has 3 aromatic rings. The number of aromatic nitrogens is 3. The van der Waals surface area contributed by atoms with Gasteiger partial charge < -0.3 is 20.1 Å². The minimum absolute atomic E-state index is 0.148. The molecule has 2 aromatic heterocycles. The summed E-state index contributed by atoms with van der Waals surface area (Å²) in [4.78, 5) is 30.1. The normalized spacial score (nSPS) is 27.0. The second-order valence-electron chi connectivity index (χ2n) is 10.8. The summed E-state index contributed by atoms with van der Waals surface area (Å²) in [7, 11) is 0. The summed E-state index contributed by atoms with van der Waals surface area (Å²) >= 11 is 6.07. The number of hydrogen-bond acceptors (Lipinski definition) is 6. The Kier molecular flexibility index (Phi) is 5.11. The molecule has 1 aromatic carbocycles. The Morgan fingerprint density at radius 1 is 1.11 bits per heavy atom. The molecular formula is C28H32ClN7O. The largest absolute Gasteiger partial charge is 0.383 e. The van der Waals surface area contributed by atoms with E-state index in [1.807, 2.05) is 0 Å². The van der Waals surface area contributed by atoms with Gasteiger partial charge in [0.05, 0.1) is 11.2 Å².